The maximum absolute atomic E-state index is 14.1. The van der Waals surface area contributed by atoms with E-state index < -0.39 is 11.9 Å². The Hall–Kier alpha value is -1.94. The van der Waals surface area contributed by atoms with Crippen LogP contribution in [0.15, 0.2) is 36.4 Å². The van der Waals surface area contributed by atoms with Crippen molar-refractivity contribution in [1.82, 2.24) is 0 Å². The summed E-state index contributed by atoms with van der Waals surface area (Å²) in [7, 11) is 1.41. The minimum Gasteiger partial charge on any atom is -0.494 e. The van der Waals surface area contributed by atoms with Crippen LogP contribution >= 0.6 is 0 Å². The van der Waals surface area contributed by atoms with Gasteiger partial charge in [0, 0.05) is 6.04 Å². The van der Waals surface area contributed by atoms with Crippen LogP contribution in [0.2, 0.25) is 0 Å². The van der Waals surface area contributed by atoms with E-state index in [2.05, 4.69) is 0 Å². The van der Waals surface area contributed by atoms with Crippen molar-refractivity contribution in [3.63, 3.8) is 0 Å². The smallest absolute Gasteiger partial charge is 0.168 e. The largest absolute Gasteiger partial charge is 0.494 e. The molecule has 4 heteroatoms. The lowest BCUT2D eigenvalue weighted by Crippen LogP contribution is -2.15. The van der Waals surface area contributed by atoms with Gasteiger partial charge in [0.1, 0.15) is 5.82 Å². The summed E-state index contributed by atoms with van der Waals surface area (Å²) in [6, 6.07) is 9.08. The number of ether oxygens (including phenoxy) is 1. The Morgan fingerprint density at radius 3 is 2.60 bits per heavy atom. The number of benzene rings is 2. The first-order valence-corrected chi connectivity index (χ1v) is 6.35. The molecule has 0 amide bonds. The van der Waals surface area contributed by atoms with Gasteiger partial charge in [-0.15, -0.1) is 0 Å². The number of hydrogen-bond donors (Lipinski definition) is 1. The van der Waals surface area contributed by atoms with Crippen molar-refractivity contribution in [2.45, 2.75) is 19.4 Å². The Kier molecular flexibility index (Phi) is 4.35. The van der Waals surface area contributed by atoms with Crippen LogP contribution in [-0.4, -0.2) is 7.11 Å². The van der Waals surface area contributed by atoms with Gasteiger partial charge in [-0.3, -0.25) is 0 Å². The zero-order chi connectivity index (χ0) is 14.7. The zero-order valence-corrected chi connectivity index (χ0v) is 11.5. The molecule has 0 aliphatic carbocycles. The van der Waals surface area contributed by atoms with Gasteiger partial charge in [0.15, 0.2) is 11.6 Å². The van der Waals surface area contributed by atoms with Crippen LogP contribution in [-0.2, 0) is 6.42 Å². The van der Waals surface area contributed by atoms with Crippen molar-refractivity contribution in [2.24, 2.45) is 5.73 Å². The molecule has 2 aromatic carbocycles. The molecule has 0 aromatic heterocycles. The molecule has 0 bridgehead atoms. The van der Waals surface area contributed by atoms with Crippen LogP contribution in [0.5, 0.6) is 5.75 Å². The van der Waals surface area contributed by atoms with Crippen LogP contribution in [0, 0.1) is 18.6 Å². The Morgan fingerprint density at radius 1 is 1.20 bits per heavy atom. The lowest BCUT2D eigenvalue weighted by molar-refractivity contribution is 0.383. The van der Waals surface area contributed by atoms with E-state index in [1.165, 1.54) is 19.2 Å². The second kappa shape index (κ2) is 6.01. The predicted octanol–water partition coefficient (Wildman–Crippen LogP) is 3.52. The lowest BCUT2D eigenvalue weighted by atomic mass is 9.97. The van der Waals surface area contributed by atoms with Crippen LogP contribution < -0.4 is 10.5 Å². The molecule has 2 nitrogen and oxygen atoms in total. The Balaban J connectivity index is 2.25. The van der Waals surface area contributed by atoms with E-state index in [1.54, 1.807) is 25.1 Å². The maximum atomic E-state index is 14.1. The molecule has 1 atom stereocenters. The molecule has 20 heavy (non-hydrogen) atoms. The first-order chi connectivity index (χ1) is 9.51. The molecule has 0 saturated carbocycles. The average Bonchev–Trinajstić information content (AvgIpc) is 2.40. The summed E-state index contributed by atoms with van der Waals surface area (Å²) in [5.41, 5.74) is 7.96. The van der Waals surface area contributed by atoms with Gasteiger partial charge in [0.2, 0.25) is 0 Å². The molecule has 1 unspecified atom stereocenters. The van der Waals surface area contributed by atoms with Crippen molar-refractivity contribution in [3.8, 4) is 5.75 Å². The highest BCUT2D eigenvalue weighted by atomic mass is 19.1. The van der Waals surface area contributed by atoms with Gasteiger partial charge < -0.3 is 10.5 Å². The van der Waals surface area contributed by atoms with E-state index in [1.807, 2.05) is 6.07 Å². The highest BCUT2D eigenvalue weighted by molar-refractivity contribution is 5.33. The Morgan fingerprint density at radius 2 is 1.95 bits per heavy atom. The summed E-state index contributed by atoms with van der Waals surface area (Å²) >= 11 is 0. The van der Waals surface area contributed by atoms with Gasteiger partial charge in [-0.05, 0) is 48.2 Å². The van der Waals surface area contributed by atoms with Gasteiger partial charge >= 0.3 is 0 Å². The molecule has 2 aromatic rings. The number of rotatable bonds is 4. The molecule has 0 radical (unpaired) electrons. The van der Waals surface area contributed by atoms with Gasteiger partial charge in [0.05, 0.1) is 7.11 Å². The maximum Gasteiger partial charge on any atom is 0.168 e. The Bertz CT molecular complexity index is 593. The molecule has 0 fully saturated rings. The van der Waals surface area contributed by atoms with Crippen molar-refractivity contribution in [1.29, 1.82) is 0 Å². The second-order valence-corrected chi connectivity index (χ2v) is 4.81. The second-order valence-electron chi connectivity index (χ2n) is 4.81. The van der Waals surface area contributed by atoms with Crippen LogP contribution in [0.3, 0.4) is 0 Å². The normalized spacial score (nSPS) is 12.2. The fourth-order valence-electron chi connectivity index (χ4n) is 2.20. The minimum atomic E-state index is -0.467. The molecule has 0 saturated heterocycles. The average molecular weight is 277 g/mol. The fraction of sp³-hybridized carbons (Fsp3) is 0.250. The number of hydrogen-bond acceptors (Lipinski definition) is 2. The lowest BCUT2D eigenvalue weighted by Gasteiger charge is -2.14. The summed E-state index contributed by atoms with van der Waals surface area (Å²) in [4.78, 5) is 0. The zero-order valence-electron chi connectivity index (χ0n) is 11.5. The third-order valence-electron chi connectivity index (χ3n) is 3.20. The van der Waals surface area contributed by atoms with Gasteiger partial charge in [0.25, 0.3) is 0 Å². The van der Waals surface area contributed by atoms with E-state index in [4.69, 9.17) is 10.5 Å². The van der Waals surface area contributed by atoms with Crippen LogP contribution in [0.25, 0.3) is 0 Å². The van der Waals surface area contributed by atoms with E-state index >= 15 is 0 Å². The van der Waals surface area contributed by atoms with Crippen molar-refractivity contribution in [3.05, 3.63) is 64.7 Å². The summed E-state index contributed by atoms with van der Waals surface area (Å²) in [5.74, 6) is -0.565. The molecular formula is C16H17F2NO. The van der Waals surface area contributed by atoms with E-state index in [-0.39, 0.29) is 18.0 Å². The van der Waals surface area contributed by atoms with Crippen molar-refractivity contribution in [2.75, 3.05) is 7.11 Å². The summed E-state index contributed by atoms with van der Waals surface area (Å²) < 4.78 is 32.4. The van der Waals surface area contributed by atoms with Gasteiger partial charge in [-0.25, -0.2) is 8.78 Å². The van der Waals surface area contributed by atoms with E-state index in [0.29, 0.717) is 11.1 Å². The van der Waals surface area contributed by atoms with Gasteiger partial charge in [-0.2, -0.15) is 0 Å². The molecule has 2 rings (SSSR count). The first-order valence-electron chi connectivity index (χ1n) is 6.35. The minimum absolute atomic E-state index is 0.185. The molecule has 0 spiro atoms. The topological polar surface area (TPSA) is 35.2 Å². The van der Waals surface area contributed by atoms with Crippen molar-refractivity contribution < 1.29 is 13.5 Å². The van der Waals surface area contributed by atoms with Gasteiger partial charge in [-0.1, -0.05) is 18.2 Å². The predicted molar refractivity (Wildman–Crippen MR) is 74.7 cm³/mol. The molecule has 0 aliphatic heterocycles. The number of aryl methyl sites for hydroxylation is 1. The Labute approximate surface area is 117 Å². The third-order valence-corrected chi connectivity index (χ3v) is 3.20. The standard InChI is InChI=1S/C16H17F2NO/c1-10-6-12(8-13(17)7-10)14(19)9-11-4-3-5-15(20-2)16(11)18/h3-8,14H,9,19H2,1-2H3. The highest BCUT2D eigenvalue weighted by Gasteiger charge is 2.14. The molecule has 0 heterocycles. The van der Waals surface area contributed by atoms with Crippen LogP contribution in [0.1, 0.15) is 22.7 Å². The summed E-state index contributed by atoms with van der Waals surface area (Å²) in [6.07, 6.45) is 0.284. The molecule has 0 aliphatic rings. The highest BCUT2D eigenvalue weighted by Crippen LogP contribution is 2.24. The van der Waals surface area contributed by atoms with Crippen molar-refractivity contribution >= 4 is 0 Å². The van der Waals surface area contributed by atoms with E-state index in [0.717, 1.165) is 5.56 Å². The summed E-state index contributed by atoms with van der Waals surface area (Å²) in [6.45, 7) is 1.80. The number of methoxy groups -OCH3 is 1. The molecular weight excluding hydrogens is 260 g/mol. The first kappa shape index (κ1) is 14.5. The van der Waals surface area contributed by atoms with Crippen LogP contribution in [0.4, 0.5) is 8.78 Å². The summed E-state index contributed by atoms with van der Waals surface area (Å²) in [5, 5.41) is 0. The fourth-order valence-corrected chi connectivity index (χ4v) is 2.20. The number of nitrogens with two attached hydrogens (primary N) is 1. The monoisotopic (exact) mass is 277 g/mol. The molecule has 106 valence electrons. The number of halogens is 2. The third kappa shape index (κ3) is 3.14. The quantitative estimate of drug-likeness (QED) is 0.928. The molecule has 2 N–H and O–H groups in total. The SMILES string of the molecule is COc1cccc(CC(N)c2cc(C)cc(F)c2)c1F. The van der Waals surface area contributed by atoms with E-state index in [9.17, 15) is 8.78 Å².